The highest BCUT2D eigenvalue weighted by Crippen LogP contribution is 2.34. The average molecular weight is 334 g/mol. The molecular weight excluding hydrogens is 308 g/mol. The summed E-state index contributed by atoms with van der Waals surface area (Å²) in [4.78, 5) is 19.0. The molecule has 1 heterocycles. The van der Waals surface area contributed by atoms with Crippen molar-refractivity contribution >= 4 is 5.91 Å². The zero-order chi connectivity index (χ0) is 17.2. The fraction of sp³-hybridized carbons (Fsp3) is 0.455. The standard InChI is InChI=1S/C22H26N2O/c1-24(22(25)20-6-5-16-3-2-4-19(16)15-20)21-9-7-17(8-10-21)18-11-13-23-14-12-18/h5-6,11-15,17,21H,2-4,7-10H2,1H3. The number of hydrogen-bond donors (Lipinski definition) is 0. The van der Waals surface area contributed by atoms with Gasteiger partial charge in [0.2, 0.25) is 0 Å². The Hall–Kier alpha value is -2.16. The number of aryl methyl sites for hydroxylation is 2. The molecule has 3 nitrogen and oxygen atoms in total. The van der Waals surface area contributed by atoms with Crippen molar-refractivity contribution in [1.29, 1.82) is 0 Å². The van der Waals surface area contributed by atoms with Gasteiger partial charge in [-0.25, -0.2) is 0 Å². The van der Waals surface area contributed by atoms with Gasteiger partial charge in [0, 0.05) is 31.0 Å². The lowest BCUT2D eigenvalue weighted by molar-refractivity contribution is 0.0689. The van der Waals surface area contributed by atoms with Gasteiger partial charge in [0.1, 0.15) is 0 Å². The van der Waals surface area contributed by atoms with E-state index in [0.29, 0.717) is 12.0 Å². The van der Waals surface area contributed by atoms with Crippen LogP contribution in [0.2, 0.25) is 0 Å². The SMILES string of the molecule is CN(C(=O)c1ccc2c(c1)CCC2)C1CCC(c2ccncc2)CC1. The lowest BCUT2D eigenvalue weighted by Gasteiger charge is -2.35. The number of rotatable bonds is 3. The first-order valence-electron chi connectivity index (χ1n) is 9.51. The number of aromatic nitrogens is 1. The van der Waals surface area contributed by atoms with Crippen LogP contribution in [0.4, 0.5) is 0 Å². The minimum atomic E-state index is 0.182. The van der Waals surface area contributed by atoms with Crippen molar-refractivity contribution in [1.82, 2.24) is 9.88 Å². The monoisotopic (exact) mass is 334 g/mol. The lowest BCUT2D eigenvalue weighted by Crippen LogP contribution is -2.39. The highest BCUT2D eigenvalue weighted by Gasteiger charge is 2.28. The van der Waals surface area contributed by atoms with Crippen LogP contribution in [0, 0.1) is 0 Å². The van der Waals surface area contributed by atoms with E-state index in [1.807, 2.05) is 30.4 Å². The summed E-state index contributed by atoms with van der Waals surface area (Å²) in [6.07, 6.45) is 11.7. The third-order valence-corrected chi connectivity index (χ3v) is 6.09. The predicted octanol–water partition coefficient (Wildman–Crippen LogP) is 4.37. The topological polar surface area (TPSA) is 33.2 Å². The lowest BCUT2D eigenvalue weighted by atomic mass is 9.81. The van der Waals surface area contributed by atoms with Gasteiger partial charge < -0.3 is 4.90 Å². The van der Waals surface area contributed by atoms with Crippen molar-refractivity contribution in [3.8, 4) is 0 Å². The second kappa shape index (κ2) is 6.99. The molecule has 0 atom stereocenters. The van der Waals surface area contributed by atoms with Gasteiger partial charge in [0.25, 0.3) is 5.91 Å². The molecule has 0 aliphatic heterocycles. The summed E-state index contributed by atoms with van der Waals surface area (Å²) in [5.74, 6) is 0.796. The maximum atomic E-state index is 12.9. The van der Waals surface area contributed by atoms with Gasteiger partial charge in [-0.05, 0) is 91.8 Å². The van der Waals surface area contributed by atoms with Crippen LogP contribution < -0.4 is 0 Å². The molecule has 1 fully saturated rings. The van der Waals surface area contributed by atoms with Crippen molar-refractivity contribution in [2.75, 3.05) is 7.05 Å². The van der Waals surface area contributed by atoms with E-state index in [2.05, 4.69) is 29.2 Å². The summed E-state index contributed by atoms with van der Waals surface area (Å²) in [6, 6.07) is 10.9. The predicted molar refractivity (Wildman–Crippen MR) is 99.8 cm³/mol. The van der Waals surface area contributed by atoms with Gasteiger partial charge >= 0.3 is 0 Å². The van der Waals surface area contributed by atoms with Crippen LogP contribution in [0.5, 0.6) is 0 Å². The number of fused-ring (bicyclic) bond motifs is 1. The van der Waals surface area contributed by atoms with Crippen LogP contribution in [0.3, 0.4) is 0 Å². The number of hydrogen-bond acceptors (Lipinski definition) is 2. The number of amides is 1. The molecular formula is C22H26N2O. The van der Waals surface area contributed by atoms with Crippen LogP contribution in [-0.2, 0) is 12.8 Å². The quantitative estimate of drug-likeness (QED) is 0.835. The zero-order valence-corrected chi connectivity index (χ0v) is 14.9. The summed E-state index contributed by atoms with van der Waals surface area (Å²) in [5.41, 5.74) is 5.05. The molecule has 25 heavy (non-hydrogen) atoms. The molecule has 1 aromatic carbocycles. The third kappa shape index (κ3) is 3.33. The molecule has 0 N–H and O–H groups in total. The van der Waals surface area contributed by atoms with E-state index >= 15 is 0 Å². The molecule has 0 bridgehead atoms. The van der Waals surface area contributed by atoms with Gasteiger partial charge in [-0.3, -0.25) is 9.78 Å². The van der Waals surface area contributed by atoms with Crippen molar-refractivity contribution in [2.45, 2.75) is 56.9 Å². The van der Waals surface area contributed by atoms with E-state index in [4.69, 9.17) is 0 Å². The Balaban J connectivity index is 1.40. The van der Waals surface area contributed by atoms with Crippen LogP contribution >= 0.6 is 0 Å². The largest absolute Gasteiger partial charge is 0.339 e. The minimum absolute atomic E-state index is 0.182. The molecule has 2 aliphatic rings. The molecule has 130 valence electrons. The van der Waals surface area contributed by atoms with E-state index in [1.165, 1.54) is 29.5 Å². The highest BCUT2D eigenvalue weighted by atomic mass is 16.2. The second-order valence-electron chi connectivity index (χ2n) is 7.54. The second-order valence-corrected chi connectivity index (χ2v) is 7.54. The number of carbonyl (C=O) groups excluding carboxylic acids is 1. The Bertz CT molecular complexity index is 748. The molecule has 0 unspecified atom stereocenters. The molecule has 1 amide bonds. The first-order valence-corrected chi connectivity index (χ1v) is 9.51. The summed E-state index contributed by atoms with van der Waals surface area (Å²) in [6.45, 7) is 0. The van der Waals surface area contributed by atoms with Gasteiger partial charge in [-0.15, -0.1) is 0 Å². The molecule has 0 spiro atoms. The Kier molecular flexibility index (Phi) is 4.56. The zero-order valence-electron chi connectivity index (χ0n) is 14.9. The van der Waals surface area contributed by atoms with Gasteiger partial charge in [0.05, 0.1) is 0 Å². The van der Waals surface area contributed by atoms with E-state index < -0.39 is 0 Å². The van der Waals surface area contributed by atoms with E-state index in [-0.39, 0.29) is 5.91 Å². The van der Waals surface area contributed by atoms with Crippen molar-refractivity contribution in [2.24, 2.45) is 0 Å². The number of benzene rings is 1. The van der Waals surface area contributed by atoms with Crippen LogP contribution in [0.25, 0.3) is 0 Å². The third-order valence-electron chi connectivity index (χ3n) is 6.09. The molecule has 3 heteroatoms. The summed E-state index contributed by atoms with van der Waals surface area (Å²) < 4.78 is 0. The highest BCUT2D eigenvalue weighted by molar-refractivity contribution is 5.94. The van der Waals surface area contributed by atoms with Crippen molar-refractivity contribution in [3.63, 3.8) is 0 Å². The Labute approximate surface area is 150 Å². The smallest absolute Gasteiger partial charge is 0.253 e. The van der Waals surface area contributed by atoms with Crippen molar-refractivity contribution < 1.29 is 4.79 Å². The first kappa shape index (κ1) is 16.3. The fourth-order valence-corrected chi connectivity index (χ4v) is 4.51. The van der Waals surface area contributed by atoms with Gasteiger partial charge in [0.15, 0.2) is 0 Å². The molecule has 4 rings (SSSR count). The Morgan fingerprint density at radius 1 is 1.00 bits per heavy atom. The minimum Gasteiger partial charge on any atom is -0.339 e. The van der Waals surface area contributed by atoms with E-state index in [9.17, 15) is 4.79 Å². The summed E-state index contributed by atoms with van der Waals surface area (Å²) in [5, 5.41) is 0. The van der Waals surface area contributed by atoms with Gasteiger partial charge in [-0.1, -0.05) is 6.07 Å². The summed E-state index contributed by atoms with van der Waals surface area (Å²) in [7, 11) is 1.98. The number of pyridine rings is 1. The Morgan fingerprint density at radius 2 is 1.72 bits per heavy atom. The van der Waals surface area contributed by atoms with Gasteiger partial charge in [-0.2, -0.15) is 0 Å². The molecule has 2 aliphatic carbocycles. The number of carbonyl (C=O) groups is 1. The van der Waals surface area contributed by atoms with E-state index in [1.54, 1.807) is 0 Å². The van der Waals surface area contributed by atoms with Crippen molar-refractivity contribution in [3.05, 3.63) is 65.0 Å². The van der Waals surface area contributed by atoms with Crippen LogP contribution in [-0.4, -0.2) is 28.9 Å². The number of nitrogens with zero attached hydrogens (tertiary/aromatic N) is 2. The normalized spacial score (nSPS) is 22.4. The van der Waals surface area contributed by atoms with Crippen LogP contribution in [0.15, 0.2) is 42.7 Å². The first-order chi connectivity index (χ1) is 12.2. The van der Waals surface area contributed by atoms with Crippen LogP contribution in [0.1, 0.15) is 65.1 Å². The molecule has 0 radical (unpaired) electrons. The fourth-order valence-electron chi connectivity index (χ4n) is 4.51. The summed E-state index contributed by atoms with van der Waals surface area (Å²) >= 11 is 0. The maximum absolute atomic E-state index is 12.9. The maximum Gasteiger partial charge on any atom is 0.253 e. The average Bonchev–Trinajstić information content (AvgIpc) is 3.15. The molecule has 1 saturated carbocycles. The van der Waals surface area contributed by atoms with E-state index in [0.717, 1.165) is 37.7 Å². The molecule has 1 aromatic heterocycles. The Morgan fingerprint density at radius 3 is 2.48 bits per heavy atom. The molecule has 2 aromatic rings. The molecule has 0 saturated heterocycles.